The van der Waals surface area contributed by atoms with Gasteiger partial charge in [0.1, 0.15) is 5.75 Å². The lowest BCUT2D eigenvalue weighted by Gasteiger charge is -2.24. The molecule has 0 aliphatic rings. The molecule has 29 heavy (non-hydrogen) atoms. The van der Waals surface area contributed by atoms with Gasteiger partial charge in [-0.05, 0) is 37.1 Å². The smallest absolute Gasteiger partial charge is 0.336 e. The average molecular weight is 389 g/mol. The fourth-order valence-electron chi connectivity index (χ4n) is 3.30. The summed E-state index contributed by atoms with van der Waals surface area (Å²) in [4.78, 5) is 26.3. The van der Waals surface area contributed by atoms with E-state index in [1.807, 2.05) is 25.1 Å². The Morgan fingerprint density at radius 2 is 1.52 bits per heavy atom. The first-order chi connectivity index (χ1) is 14.0. The van der Waals surface area contributed by atoms with Crippen molar-refractivity contribution < 1.29 is 19.8 Å². The van der Waals surface area contributed by atoms with E-state index in [1.54, 1.807) is 30.3 Å². The molecule has 0 bridgehead atoms. The van der Waals surface area contributed by atoms with Crippen LogP contribution in [0.4, 0.5) is 5.69 Å². The summed E-state index contributed by atoms with van der Waals surface area (Å²) in [7, 11) is 0. The van der Waals surface area contributed by atoms with E-state index in [1.165, 1.54) is 17.7 Å². The quantitative estimate of drug-likeness (QED) is 0.559. The Morgan fingerprint density at radius 1 is 0.862 bits per heavy atom. The van der Waals surface area contributed by atoms with E-state index >= 15 is 0 Å². The summed E-state index contributed by atoms with van der Waals surface area (Å²) in [6, 6.07) is 21.0. The van der Waals surface area contributed by atoms with Gasteiger partial charge < -0.3 is 15.1 Å². The number of hydrogen-bond donors (Lipinski definition) is 2. The van der Waals surface area contributed by atoms with Gasteiger partial charge in [-0.1, -0.05) is 48.5 Å². The van der Waals surface area contributed by atoms with Crippen LogP contribution in [0.1, 0.15) is 38.8 Å². The Bertz CT molecular complexity index is 1010. The van der Waals surface area contributed by atoms with Gasteiger partial charge >= 0.3 is 5.97 Å². The molecule has 3 rings (SSSR count). The molecule has 0 unspecified atom stereocenters. The number of likely N-dealkylation sites (N-methyl/N-ethyl adjacent to an activating group) is 1. The third-order valence-electron chi connectivity index (χ3n) is 4.89. The minimum absolute atomic E-state index is 0.0551. The van der Waals surface area contributed by atoms with Crippen LogP contribution >= 0.6 is 0 Å². The van der Waals surface area contributed by atoms with Crippen LogP contribution < -0.4 is 4.90 Å². The highest BCUT2D eigenvalue weighted by Gasteiger charge is 2.20. The Kier molecular flexibility index (Phi) is 6.29. The summed E-state index contributed by atoms with van der Waals surface area (Å²) in [5.74, 6) is -1.85. The Morgan fingerprint density at radius 3 is 2.14 bits per heavy atom. The molecule has 3 aromatic carbocycles. The number of rotatable bonds is 8. The SMILES string of the molecule is CCN(CCc1ccccc1)c1ccc(C(=O)c2ccccc2C(=O)O)c(O)c1. The van der Waals surface area contributed by atoms with Crippen molar-refractivity contribution in [3.05, 3.63) is 95.1 Å². The number of aromatic carboxylic acids is 1. The van der Waals surface area contributed by atoms with Crippen molar-refractivity contribution in [2.75, 3.05) is 18.0 Å². The Hall–Kier alpha value is -3.60. The lowest BCUT2D eigenvalue weighted by Crippen LogP contribution is -2.25. The minimum Gasteiger partial charge on any atom is -0.507 e. The zero-order chi connectivity index (χ0) is 20.8. The predicted octanol–water partition coefficient (Wildman–Crippen LogP) is 4.39. The van der Waals surface area contributed by atoms with Crippen LogP contribution in [0.3, 0.4) is 0 Å². The average Bonchev–Trinajstić information content (AvgIpc) is 2.74. The van der Waals surface area contributed by atoms with Gasteiger partial charge in [0.25, 0.3) is 0 Å². The van der Waals surface area contributed by atoms with Gasteiger partial charge in [0, 0.05) is 30.4 Å². The maximum atomic E-state index is 12.8. The van der Waals surface area contributed by atoms with Crippen molar-refractivity contribution in [3.8, 4) is 5.75 Å². The van der Waals surface area contributed by atoms with E-state index in [-0.39, 0.29) is 22.4 Å². The molecule has 0 fully saturated rings. The molecular weight excluding hydrogens is 366 g/mol. The number of carboxylic acids is 1. The summed E-state index contributed by atoms with van der Waals surface area (Å²) in [5, 5.41) is 19.8. The topological polar surface area (TPSA) is 77.8 Å². The maximum Gasteiger partial charge on any atom is 0.336 e. The van der Waals surface area contributed by atoms with Gasteiger partial charge in [0.05, 0.1) is 11.1 Å². The van der Waals surface area contributed by atoms with Crippen LogP contribution in [0.5, 0.6) is 5.75 Å². The van der Waals surface area contributed by atoms with Crippen molar-refractivity contribution >= 4 is 17.4 Å². The monoisotopic (exact) mass is 389 g/mol. The van der Waals surface area contributed by atoms with E-state index in [0.717, 1.165) is 25.2 Å². The number of carbonyl (C=O) groups excluding carboxylic acids is 1. The second-order valence-electron chi connectivity index (χ2n) is 6.70. The van der Waals surface area contributed by atoms with Crippen molar-refractivity contribution in [2.45, 2.75) is 13.3 Å². The Balaban J connectivity index is 1.82. The largest absolute Gasteiger partial charge is 0.507 e. The van der Waals surface area contributed by atoms with Gasteiger partial charge in [-0.25, -0.2) is 4.79 Å². The highest BCUT2D eigenvalue weighted by molar-refractivity contribution is 6.15. The molecule has 0 aromatic heterocycles. The number of aromatic hydroxyl groups is 1. The summed E-state index contributed by atoms with van der Waals surface area (Å²) < 4.78 is 0. The second kappa shape index (κ2) is 9.06. The van der Waals surface area contributed by atoms with Gasteiger partial charge in [-0.15, -0.1) is 0 Å². The molecule has 148 valence electrons. The molecule has 0 saturated heterocycles. The van der Waals surface area contributed by atoms with E-state index in [2.05, 4.69) is 17.0 Å². The van der Waals surface area contributed by atoms with Gasteiger partial charge in [-0.3, -0.25) is 4.79 Å². The second-order valence-corrected chi connectivity index (χ2v) is 6.70. The minimum atomic E-state index is -1.18. The number of carbonyl (C=O) groups is 2. The van der Waals surface area contributed by atoms with Crippen LogP contribution in [-0.2, 0) is 6.42 Å². The van der Waals surface area contributed by atoms with Gasteiger partial charge in [0.15, 0.2) is 5.78 Å². The molecule has 0 spiro atoms. The Labute approximate surface area is 169 Å². The van der Waals surface area contributed by atoms with Crippen LogP contribution in [-0.4, -0.2) is 35.1 Å². The maximum absolute atomic E-state index is 12.8. The summed E-state index contributed by atoms with van der Waals surface area (Å²) in [6.45, 7) is 3.56. The molecule has 0 saturated carbocycles. The first-order valence-electron chi connectivity index (χ1n) is 9.50. The standard InChI is InChI=1S/C24H23NO4/c1-2-25(15-14-17-8-4-3-5-9-17)18-12-13-21(22(26)16-18)23(27)19-10-6-7-11-20(19)24(28)29/h3-13,16,26H,2,14-15H2,1H3,(H,28,29). The van der Waals surface area contributed by atoms with Crippen LogP contribution in [0, 0.1) is 0 Å². The molecule has 0 heterocycles. The van der Waals surface area contributed by atoms with Crippen LogP contribution in [0.2, 0.25) is 0 Å². The highest BCUT2D eigenvalue weighted by atomic mass is 16.4. The fourth-order valence-corrected chi connectivity index (χ4v) is 3.30. The molecule has 0 atom stereocenters. The zero-order valence-electron chi connectivity index (χ0n) is 16.2. The lowest BCUT2D eigenvalue weighted by molar-refractivity contribution is 0.0692. The molecular formula is C24H23NO4. The summed E-state index contributed by atoms with van der Waals surface area (Å²) >= 11 is 0. The van der Waals surface area contributed by atoms with Crippen LogP contribution in [0.15, 0.2) is 72.8 Å². The number of phenolic OH excluding ortho intramolecular Hbond substituents is 1. The first kappa shape index (κ1) is 20.1. The normalized spacial score (nSPS) is 10.5. The number of phenols is 1. The number of hydrogen-bond acceptors (Lipinski definition) is 4. The van der Waals surface area contributed by atoms with Gasteiger partial charge in [-0.2, -0.15) is 0 Å². The first-order valence-corrected chi connectivity index (χ1v) is 9.50. The summed E-state index contributed by atoms with van der Waals surface area (Å²) in [5.41, 5.74) is 2.09. The molecule has 5 heteroatoms. The molecule has 0 aliphatic carbocycles. The third-order valence-corrected chi connectivity index (χ3v) is 4.89. The highest BCUT2D eigenvalue weighted by Crippen LogP contribution is 2.28. The van der Waals surface area contributed by atoms with Crippen molar-refractivity contribution in [2.24, 2.45) is 0 Å². The number of anilines is 1. The third kappa shape index (κ3) is 4.63. The number of carboxylic acid groups (broad SMARTS) is 1. The molecule has 0 aliphatic heterocycles. The molecule has 2 N–H and O–H groups in total. The summed E-state index contributed by atoms with van der Waals surface area (Å²) in [6.07, 6.45) is 0.863. The number of nitrogens with zero attached hydrogens (tertiary/aromatic N) is 1. The van der Waals surface area contributed by atoms with E-state index in [9.17, 15) is 19.8 Å². The van der Waals surface area contributed by atoms with Crippen molar-refractivity contribution in [1.82, 2.24) is 0 Å². The van der Waals surface area contributed by atoms with E-state index in [4.69, 9.17) is 0 Å². The van der Waals surface area contributed by atoms with Gasteiger partial charge in [0.2, 0.25) is 0 Å². The van der Waals surface area contributed by atoms with Crippen molar-refractivity contribution in [1.29, 1.82) is 0 Å². The van der Waals surface area contributed by atoms with Crippen molar-refractivity contribution in [3.63, 3.8) is 0 Å². The lowest BCUT2D eigenvalue weighted by atomic mass is 9.97. The number of benzene rings is 3. The van der Waals surface area contributed by atoms with Crippen LogP contribution in [0.25, 0.3) is 0 Å². The van der Waals surface area contributed by atoms with E-state index < -0.39 is 11.8 Å². The molecule has 5 nitrogen and oxygen atoms in total. The number of ketones is 1. The van der Waals surface area contributed by atoms with E-state index in [0.29, 0.717) is 0 Å². The molecule has 3 aromatic rings. The predicted molar refractivity (Wildman–Crippen MR) is 113 cm³/mol. The fraction of sp³-hybridized carbons (Fsp3) is 0.167. The molecule has 0 amide bonds. The zero-order valence-corrected chi connectivity index (χ0v) is 16.2. The molecule has 0 radical (unpaired) electrons.